The van der Waals surface area contributed by atoms with Crippen molar-refractivity contribution in [1.29, 1.82) is 5.26 Å². The molecular weight excluding hydrogens is 220 g/mol. The summed E-state index contributed by atoms with van der Waals surface area (Å²) in [5.41, 5.74) is 1.12. The van der Waals surface area contributed by atoms with Crippen molar-refractivity contribution >= 4 is 17.4 Å². The van der Waals surface area contributed by atoms with Gasteiger partial charge in [0.1, 0.15) is 11.8 Å². The molecule has 3 nitrogen and oxygen atoms in total. The Labute approximate surface area is 99.8 Å². The van der Waals surface area contributed by atoms with Crippen LogP contribution in [0.25, 0.3) is 0 Å². The number of benzene rings is 1. The third-order valence-corrected chi connectivity index (χ3v) is 3.62. The number of nitrogens with one attached hydrogen (secondary N) is 1. The summed E-state index contributed by atoms with van der Waals surface area (Å²) in [5.74, 6) is 3.18. The Bertz CT molecular complexity index is 366. The number of anilines is 1. The molecule has 1 atom stereocenters. The maximum Gasteiger partial charge on any atom is 0.174 e. The number of thioether (sulfide) groups is 1. The van der Waals surface area contributed by atoms with Gasteiger partial charge < -0.3 is 10.1 Å². The monoisotopic (exact) mass is 234 g/mol. The van der Waals surface area contributed by atoms with Crippen LogP contribution >= 0.6 is 11.8 Å². The van der Waals surface area contributed by atoms with E-state index in [0.717, 1.165) is 11.4 Å². The Hall–Kier alpha value is -1.34. The molecule has 1 aromatic rings. The lowest BCUT2D eigenvalue weighted by Gasteiger charge is -2.13. The first-order valence-electron chi connectivity index (χ1n) is 5.32. The smallest absolute Gasteiger partial charge is 0.174 e. The van der Waals surface area contributed by atoms with Gasteiger partial charge in [0, 0.05) is 17.5 Å². The Kier molecular flexibility index (Phi) is 3.95. The summed E-state index contributed by atoms with van der Waals surface area (Å²) >= 11 is 1.99. The van der Waals surface area contributed by atoms with Crippen molar-refractivity contribution in [2.24, 2.45) is 0 Å². The van der Waals surface area contributed by atoms with E-state index in [1.165, 1.54) is 17.9 Å². The minimum absolute atomic E-state index is 0.103. The standard InChI is InChI=1S/C12H14N2OS/c13-6-7-15-12-3-1-10(2-4-12)14-11-5-8-16-9-11/h1-4,11,14H,5,7-9H2. The van der Waals surface area contributed by atoms with Gasteiger partial charge in [-0.05, 0) is 36.4 Å². The number of hydrogen-bond donors (Lipinski definition) is 1. The molecule has 0 radical (unpaired) electrons. The fourth-order valence-electron chi connectivity index (χ4n) is 1.65. The first-order valence-corrected chi connectivity index (χ1v) is 6.48. The minimum Gasteiger partial charge on any atom is -0.479 e. The second-order valence-electron chi connectivity index (χ2n) is 3.68. The second-order valence-corrected chi connectivity index (χ2v) is 4.83. The lowest BCUT2D eigenvalue weighted by atomic mass is 10.2. The van der Waals surface area contributed by atoms with Crippen molar-refractivity contribution in [3.63, 3.8) is 0 Å². The molecule has 1 aromatic carbocycles. The van der Waals surface area contributed by atoms with E-state index in [2.05, 4.69) is 5.32 Å². The van der Waals surface area contributed by atoms with Gasteiger partial charge >= 0.3 is 0 Å². The summed E-state index contributed by atoms with van der Waals surface area (Å²) in [6.45, 7) is 0.103. The zero-order chi connectivity index (χ0) is 11.2. The van der Waals surface area contributed by atoms with Crippen molar-refractivity contribution < 1.29 is 4.74 Å². The molecule has 1 N–H and O–H groups in total. The molecule has 16 heavy (non-hydrogen) atoms. The van der Waals surface area contributed by atoms with Crippen LogP contribution in [0.15, 0.2) is 24.3 Å². The van der Waals surface area contributed by atoms with E-state index in [1.807, 2.05) is 42.1 Å². The van der Waals surface area contributed by atoms with Gasteiger partial charge in [0.05, 0.1) is 0 Å². The van der Waals surface area contributed by atoms with Crippen molar-refractivity contribution in [3.05, 3.63) is 24.3 Å². The zero-order valence-corrected chi connectivity index (χ0v) is 9.80. The molecular formula is C12H14N2OS. The van der Waals surface area contributed by atoms with Crippen molar-refractivity contribution in [1.82, 2.24) is 0 Å². The summed E-state index contributed by atoms with van der Waals surface area (Å²) in [7, 11) is 0. The molecule has 1 heterocycles. The summed E-state index contributed by atoms with van der Waals surface area (Å²) in [4.78, 5) is 0. The third kappa shape index (κ3) is 3.07. The van der Waals surface area contributed by atoms with Crippen LogP contribution in [0.4, 0.5) is 5.69 Å². The molecule has 1 aliphatic heterocycles. The fourth-order valence-corrected chi connectivity index (χ4v) is 2.80. The Morgan fingerprint density at radius 3 is 2.88 bits per heavy atom. The van der Waals surface area contributed by atoms with E-state index in [0.29, 0.717) is 6.04 Å². The van der Waals surface area contributed by atoms with E-state index >= 15 is 0 Å². The molecule has 0 spiro atoms. The summed E-state index contributed by atoms with van der Waals surface area (Å²) in [6, 6.07) is 10.3. The van der Waals surface area contributed by atoms with Crippen LogP contribution in [0.1, 0.15) is 6.42 Å². The molecule has 0 aliphatic carbocycles. The molecule has 1 fully saturated rings. The minimum atomic E-state index is 0.103. The normalized spacial score (nSPS) is 19.1. The predicted octanol–water partition coefficient (Wildman–Crippen LogP) is 2.51. The SMILES string of the molecule is N#CCOc1ccc(NC2CCSC2)cc1. The van der Waals surface area contributed by atoms with Gasteiger partial charge in [-0.1, -0.05) is 0 Å². The highest BCUT2D eigenvalue weighted by atomic mass is 32.2. The number of rotatable bonds is 4. The van der Waals surface area contributed by atoms with Crippen LogP contribution in [-0.2, 0) is 0 Å². The highest BCUT2D eigenvalue weighted by Gasteiger charge is 2.14. The lowest BCUT2D eigenvalue weighted by Crippen LogP contribution is -2.17. The van der Waals surface area contributed by atoms with Gasteiger partial charge in [-0.25, -0.2) is 0 Å². The summed E-state index contributed by atoms with van der Waals surface area (Å²) < 4.78 is 5.19. The highest BCUT2D eigenvalue weighted by molar-refractivity contribution is 7.99. The van der Waals surface area contributed by atoms with Crippen molar-refractivity contribution in [2.45, 2.75) is 12.5 Å². The lowest BCUT2D eigenvalue weighted by molar-refractivity contribution is 0.368. The van der Waals surface area contributed by atoms with Crippen LogP contribution in [0.2, 0.25) is 0 Å². The average Bonchev–Trinajstić information content (AvgIpc) is 2.81. The van der Waals surface area contributed by atoms with Gasteiger partial charge in [-0.15, -0.1) is 0 Å². The fraction of sp³-hybridized carbons (Fsp3) is 0.417. The van der Waals surface area contributed by atoms with Crippen LogP contribution in [0, 0.1) is 11.3 Å². The Balaban J connectivity index is 1.88. The summed E-state index contributed by atoms with van der Waals surface area (Å²) in [5, 5.41) is 11.9. The first-order chi connectivity index (χ1) is 7.88. The van der Waals surface area contributed by atoms with Crippen molar-refractivity contribution in [2.75, 3.05) is 23.4 Å². The molecule has 1 aliphatic rings. The largest absolute Gasteiger partial charge is 0.479 e. The molecule has 0 aromatic heterocycles. The molecule has 84 valence electrons. The van der Waals surface area contributed by atoms with Gasteiger partial charge in [0.25, 0.3) is 0 Å². The highest BCUT2D eigenvalue weighted by Crippen LogP contribution is 2.22. The van der Waals surface area contributed by atoms with Gasteiger partial charge in [0.15, 0.2) is 6.61 Å². The van der Waals surface area contributed by atoms with Crippen LogP contribution < -0.4 is 10.1 Å². The van der Waals surface area contributed by atoms with Crippen LogP contribution in [0.3, 0.4) is 0 Å². The number of nitriles is 1. The Morgan fingerprint density at radius 1 is 1.44 bits per heavy atom. The van der Waals surface area contributed by atoms with Gasteiger partial charge in [0.2, 0.25) is 0 Å². The van der Waals surface area contributed by atoms with Crippen LogP contribution in [0.5, 0.6) is 5.75 Å². The number of ether oxygens (including phenoxy) is 1. The van der Waals surface area contributed by atoms with E-state index in [-0.39, 0.29) is 6.61 Å². The molecule has 1 unspecified atom stereocenters. The summed E-state index contributed by atoms with van der Waals surface area (Å²) in [6.07, 6.45) is 1.23. The van der Waals surface area contributed by atoms with E-state index in [4.69, 9.17) is 10.00 Å². The van der Waals surface area contributed by atoms with Gasteiger partial charge in [-0.3, -0.25) is 0 Å². The first kappa shape index (κ1) is 11.2. The van der Waals surface area contributed by atoms with Crippen LogP contribution in [-0.4, -0.2) is 24.2 Å². The van der Waals surface area contributed by atoms with E-state index < -0.39 is 0 Å². The van der Waals surface area contributed by atoms with Crippen molar-refractivity contribution in [3.8, 4) is 11.8 Å². The maximum atomic E-state index is 8.38. The number of hydrogen-bond acceptors (Lipinski definition) is 4. The third-order valence-electron chi connectivity index (χ3n) is 2.46. The maximum absolute atomic E-state index is 8.38. The van der Waals surface area contributed by atoms with E-state index in [1.54, 1.807) is 0 Å². The quantitative estimate of drug-likeness (QED) is 0.869. The zero-order valence-electron chi connectivity index (χ0n) is 8.98. The number of nitrogens with zero attached hydrogens (tertiary/aromatic N) is 1. The molecule has 0 bridgehead atoms. The average molecular weight is 234 g/mol. The predicted molar refractivity (Wildman–Crippen MR) is 66.9 cm³/mol. The molecule has 0 amide bonds. The van der Waals surface area contributed by atoms with E-state index in [9.17, 15) is 0 Å². The molecule has 0 saturated carbocycles. The molecule has 1 saturated heterocycles. The molecule has 2 rings (SSSR count). The Morgan fingerprint density at radius 2 is 2.25 bits per heavy atom. The second kappa shape index (κ2) is 5.66. The molecule has 4 heteroatoms. The van der Waals surface area contributed by atoms with Gasteiger partial charge in [-0.2, -0.15) is 17.0 Å². The topological polar surface area (TPSA) is 45.0 Å².